The van der Waals surface area contributed by atoms with E-state index in [1.165, 1.54) is 0 Å². The second kappa shape index (κ2) is 5.31. The molecule has 1 aromatic heterocycles. The van der Waals surface area contributed by atoms with Crippen molar-refractivity contribution in [3.05, 3.63) is 29.6 Å². The highest BCUT2D eigenvalue weighted by Crippen LogP contribution is 2.28. The molecule has 0 radical (unpaired) electrons. The van der Waals surface area contributed by atoms with Crippen molar-refractivity contribution in [1.82, 2.24) is 9.88 Å². The van der Waals surface area contributed by atoms with Crippen molar-refractivity contribution >= 4 is 0 Å². The van der Waals surface area contributed by atoms with Gasteiger partial charge in [-0.1, -0.05) is 19.9 Å². The van der Waals surface area contributed by atoms with Gasteiger partial charge in [-0.25, -0.2) is 8.78 Å². The van der Waals surface area contributed by atoms with E-state index in [4.69, 9.17) is 0 Å². The standard InChI is InChI=1S/C14H20F2N2/c1-11(2)13-5-3-4-12(17-13)10-18-8-6-14(15,16)7-9-18/h3-5,11H,6-10H2,1-2H3. The molecule has 1 aliphatic heterocycles. The van der Waals surface area contributed by atoms with Crippen LogP contribution < -0.4 is 0 Å². The molecule has 4 heteroatoms. The number of alkyl halides is 2. The van der Waals surface area contributed by atoms with Crippen molar-refractivity contribution in [3.63, 3.8) is 0 Å². The molecule has 0 N–H and O–H groups in total. The quantitative estimate of drug-likeness (QED) is 0.821. The average Bonchev–Trinajstić information content (AvgIpc) is 2.32. The van der Waals surface area contributed by atoms with Crippen LogP contribution in [0.5, 0.6) is 0 Å². The average molecular weight is 254 g/mol. The number of halogens is 2. The Kier molecular flexibility index (Phi) is 3.95. The Morgan fingerprint density at radius 1 is 1.28 bits per heavy atom. The minimum Gasteiger partial charge on any atom is -0.297 e. The summed E-state index contributed by atoms with van der Waals surface area (Å²) in [4.78, 5) is 6.63. The number of piperidine rings is 1. The third kappa shape index (κ3) is 3.48. The van der Waals surface area contributed by atoms with E-state index in [9.17, 15) is 8.78 Å². The molecule has 1 fully saturated rings. The van der Waals surface area contributed by atoms with Crippen LogP contribution in [-0.4, -0.2) is 28.9 Å². The third-order valence-electron chi connectivity index (χ3n) is 3.39. The fraction of sp³-hybridized carbons (Fsp3) is 0.643. The van der Waals surface area contributed by atoms with Crippen LogP contribution in [0.1, 0.15) is 44.0 Å². The van der Waals surface area contributed by atoms with Crippen molar-refractivity contribution in [3.8, 4) is 0 Å². The Bertz CT molecular complexity index is 395. The lowest BCUT2D eigenvalue weighted by atomic mass is 10.1. The molecule has 100 valence electrons. The fourth-order valence-corrected chi connectivity index (χ4v) is 2.18. The Hall–Kier alpha value is -1.03. The number of hydrogen-bond donors (Lipinski definition) is 0. The van der Waals surface area contributed by atoms with E-state index in [0.717, 1.165) is 11.4 Å². The van der Waals surface area contributed by atoms with Gasteiger partial charge in [0.05, 0.1) is 5.69 Å². The summed E-state index contributed by atoms with van der Waals surface area (Å²) in [6, 6.07) is 5.98. The van der Waals surface area contributed by atoms with E-state index in [-0.39, 0.29) is 12.8 Å². The molecule has 1 aliphatic rings. The van der Waals surface area contributed by atoms with Crippen molar-refractivity contribution in [1.29, 1.82) is 0 Å². The summed E-state index contributed by atoms with van der Waals surface area (Å²) in [5.41, 5.74) is 2.04. The number of pyridine rings is 1. The predicted octanol–water partition coefficient (Wildman–Crippen LogP) is 3.44. The summed E-state index contributed by atoms with van der Waals surface area (Å²) in [7, 11) is 0. The third-order valence-corrected chi connectivity index (χ3v) is 3.39. The second-order valence-corrected chi connectivity index (χ2v) is 5.34. The molecular weight excluding hydrogens is 234 g/mol. The van der Waals surface area contributed by atoms with Gasteiger partial charge in [0, 0.05) is 38.2 Å². The smallest absolute Gasteiger partial charge is 0.250 e. The van der Waals surface area contributed by atoms with Gasteiger partial charge in [0.2, 0.25) is 0 Å². The predicted molar refractivity (Wildman–Crippen MR) is 67.8 cm³/mol. The molecule has 0 spiro atoms. The molecule has 0 atom stereocenters. The molecule has 0 amide bonds. The molecule has 0 bridgehead atoms. The summed E-state index contributed by atoms with van der Waals surface area (Å²) in [5.74, 6) is -2.07. The Morgan fingerprint density at radius 3 is 2.56 bits per heavy atom. The van der Waals surface area contributed by atoms with E-state index >= 15 is 0 Å². The van der Waals surface area contributed by atoms with E-state index in [0.29, 0.717) is 25.6 Å². The van der Waals surface area contributed by atoms with E-state index < -0.39 is 5.92 Å². The highest BCUT2D eigenvalue weighted by atomic mass is 19.3. The SMILES string of the molecule is CC(C)c1cccc(CN2CCC(F)(F)CC2)n1. The lowest BCUT2D eigenvalue weighted by Crippen LogP contribution is -2.39. The molecule has 0 aliphatic carbocycles. The van der Waals surface area contributed by atoms with Crippen molar-refractivity contribution < 1.29 is 8.78 Å². The molecule has 1 saturated heterocycles. The van der Waals surface area contributed by atoms with E-state index in [2.05, 4.69) is 23.7 Å². The van der Waals surface area contributed by atoms with Crippen LogP contribution in [0.2, 0.25) is 0 Å². The molecule has 2 heterocycles. The van der Waals surface area contributed by atoms with Crippen LogP contribution >= 0.6 is 0 Å². The molecule has 0 aromatic carbocycles. The zero-order valence-corrected chi connectivity index (χ0v) is 11.0. The fourth-order valence-electron chi connectivity index (χ4n) is 2.18. The van der Waals surface area contributed by atoms with Crippen LogP contribution in [0.4, 0.5) is 8.78 Å². The zero-order chi connectivity index (χ0) is 13.2. The zero-order valence-electron chi connectivity index (χ0n) is 11.0. The highest BCUT2D eigenvalue weighted by Gasteiger charge is 2.33. The van der Waals surface area contributed by atoms with Gasteiger partial charge in [-0.15, -0.1) is 0 Å². The van der Waals surface area contributed by atoms with Gasteiger partial charge >= 0.3 is 0 Å². The first-order valence-corrected chi connectivity index (χ1v) is 6.52. The highest BCUT2D eigenvalue weighted by molar-refractivity contribution is 5.13. The minimum atomic E-state index is -2.47. The number of aromatic nitrogens is 1. The largest absolute Gasteiger partial charge is 0.297 e. The van der Waals surface area contributed by atoms with Crippen LogP contribution in [0.15, 0.2) is 18.2 Å². The molecular formula is C14H20F2N2. The van der Waals surface area contributed by atoms with Crippen molar-refractivity contribution in [2.24, 2.45) is 0 Å². The number of nitrogens with zero attached hydrogens (tertiary/aromatic N) is 2. The summed E-state index contributed by atoms with van der Waals surface area (Å²) in [5, 5.41) is 0. The van der Waals surface area contributed by atoms with Gasteiger partial charge in [0.25, 0.3) is 5.92 Å². The molecule has 1 aromatic rings. The van der Waals surface area contributed by atoms with Crippen LogP contribution in [0, 0.1) is 0 Å². The van der Waals surface area contributed by atoms with Crippen molar-refractivity contribution in [2.75, 3.05) is 13.1 Å². The maximum Gasteiger partial charge on any atom is 0.250 e. The Labute approximate surface area is 107 Å². The Balaban J connectivity index is 1.96. The number of likely N-dealkylation sites (tertiary alicyclic amines) is 1. The maximum atomic E-state index is 13.0. The van der Waals surface area contributed by atoms with Crippen molar-refractivity contribution in [2.45, 2.75) is 45.1 Å². The number of hydrogen-bond acceptors (Lipinski definition) is 2. The van der Waals surface area contributed by atoms with E-state index in [1.807, 2.05) is 18.2 Å². The van der Waals surface area contributed by atoms with Crippen LogP contribution in [0.3, 0.4) is 0 Å². The van der Waals surface area contributed by atoms with Gasteiger partial charge in [-0.05, 0) is 18.1 Å². The first-order valence-electron chi connectivity index (χ1n) is 6.52. The molecule has 2 rings (SSSR count). The first-order chi connectivity index (χ1) is 8.46. The summed E-state index contributed by atoms with van der Waals surface area (Å²) in [6.07, 6.45) is -0.0618. The summed E-state index contributed by atoms with van der Waals surface area (Å²) < 4.78 is 26.1. The Morgan fingerprint density at radius 2 is 1.94 bits per heavy atom. The normalized spacial score (nSPS) is 20.3. The minimum absolute atomic E-state index is 0.0309. The van der Waals surface area contributed by atoms with Gasteiger partial charge in [0.15, 0.2) is 0 Å². The van der Waals surface area contributed by atoms with Gasteiger partial charge in [-0.2, -0.15) is 0 Å². The molecule has 18 heavy (non-hydrogen) atoms. The lowest BCUT2D eigenvalue weighted by molar-refractivity contribution is -0.0568. The summed E-state index contributed by atoms with van der Waals surface area (Å²) >= 11 is 0. The molecule has 2 nitrogen and oxygen atoms in total. The van der Waals surface area contributed by atoms with Gasteiger partial charge < -0.3 is 0 Å². The molecule has 0 saturated carbocycles. The van der Waals surface area contributed by atoms with Gasteiger partial charge in [-0.3, -0.25) is 9.88 Å². The second-order valence-electron chi connectivity index (χ2n) is 5.34. The topological polar surface area (TPSA) is 16.1 Å². The molecule has 0 unspecified atom stereocenters. The number of rotatable bonds is 3. The maximum absolute atomic E-state index is 13.0. The van der Waals surface area contributed by atoms with Crippen LogP contribution in [0.25, 0.3) is 0 Å². The van der Waals surface area contributed by atoms with Crippen LogP contribution in [-0.2, 0) is 6.54 Å². The summed E-state index contributed by atoms with van der Waals surface area (Å²) in [6.45, 7) is 5.80. The van der Waals surface area contributed by atoms with E-state index in [1.54, 1.807) is 0 Å². The monoisotopic (exact) mass is 254 g/mol. The first kappa shape index (κ1) is 13.4. The lowest BCUT2D eigenvalue weighted by Gasteiger charge is -2.31. The van der Waals surface area contributed by atoms with Gasteiger partial charge in [0.1, 0.15) is 0 Å².